The third-order valence-corrected chi connectivity index (χ3v) is 3.19. The zero-order chi connectivity index (χ0) is 11.7. The summed E-state index contributed by atoms with van der Waals surface area (Å²) in [7, 11) is 0. The molecule has 2 atom stereocenters. The predicted molar refractivity (Wildman–Crippen MR) is 68.1 cm³/mol. The average molecular weight is 232 g/mol. The molecule has 15 heavy (non-hydrogen) atoms. The van der Waals surface area contributed by atoms with Gasteiger partial charge in [0.2, 0.25) is 5.91 Å². The molecule has 0 heterocycles. The molecule has 4 heteroatoms. The monoisotopic (exact) mass is 232 g/mol. The van der Waals surface area contributed by atoms with Crippen LogP contribution in [0.4, 0.5) is 0 Å². The van der Waals surface area contributed by atoms with Crippen molar-refractivity contribution in [3.05, 3.63) is 0 Å². The number of nitrogens with one attached hydrogen (secondary N) is 1. The van der Waals surface area contributed by atoms with Crippen molar-refractivity contribution in [1.82, 2.24) is 5.32 Å². The van der Waals surface area contributed by atoms with Gasteiger partial charge in [-0.2, -0.15) is 11.8 Å². The minimum atomic E-state index is 0.153. The van der Waals surface area contributed by atoms with E-state index in [0.717, 1.165) is 24.3 Å². The Labute approximate surface area is 97.6 Å². The molecule has 0 aromatic rings. The van der Waals surface area contributed by atoms with Crippen molar-refractivity contribution in [1.29, 1.82) is 0 Å². The lowest BCUT2D eigenvalue weighted by Gasteiger charge is -2.13. The Morgan fingerprint density at radius 2 is 2.13 bits per heavy atom. The van der Waals surface area contributed by atoms with Crippen LogP contribution < -0.4 is 11.1 Å². The lowest BCUT2D eigenvalue weighted by molar-refractivity contribution is -0.121. The number of rotatable bonds is 8. The van der Waals surface area contributed by atoms with Crippen LogP contribution in [0.5, 0.6) is 0 Å². The summed E-state index contributed by atoms with van der Waals surface area (Å²) in [4.78, 5) is 11.4. The average Bonchev–Trinajstić information content (AvgIpc) is 2.14. The first kappa shape index (κ1) is 14.8. The van der Waals surface area contributed by atoms with E-state index in [2.05, 4.69) is 12.2 Å². The van der Waals surface area contributed by atoms with E-state index in [-0.39, 0.29) is 18.0 Å². The fourth-order valence-corrected chi connectivity index (χ4v) is 1.94. The van der Waals surface area contributed by atoms with E-state index in [9.17, 15) is 4.79 Å². The lowest BCUT2D eigenvalue weighted by atomic mass is 10.1. The van der Waals surface area contributed by atoms with Gasteiger partial charge in [-0.05, 0) is 32.4 Å². The van der Waals surface area contributed by atoms with Gasteiger partial charge in [0.1, 0.15) is 0 Å². The zero-order valence-electron chi connectivity index (χ0n) is 10.1. The van der Waals surface area contributed by atoms with E-state index < -0.39 is 0 Å². The smallest absolute Gasteiger partial charge is 0.220 e. The summed E-state index contributed by atoms with van der Waals surface area (Å²) in [6.07, 6.45) is 2.41. The molecule has 0 radical (unpaired) electrons. The molecule has 0 aliphatic carbocycles. The highest BCUT2D eigenvalue weighted by Crippen LogP contribution is 2.03. The number of hydrogen-bond acceptors (Lipinski definition) is 3. The Hall–Kier alpha value is -0.220. The van der Waals surface area contributed by atoms with Crippen molar-refractivity contribution in [2.75, 3.05) is 11.5 Å². The highest BCUT2D eigenvalue weighted by Gasteiger charge is 2.06. The maximum atomic E-state index is 11.4. The van der Waals surface area contributed by atoms with Gasteiger partial charge in [-0.15, -0.1) is 0 Å². The number of nitrogens with two attached hydrogens (primary N) is 1. The number of amides is 1. The first-order valence-electron chi connectivity index (χ1n) is 5.69. The Kier molecular flexibility index (Phi) is 8.91. The van der Waals surface area contributed by atoms with E-state index in [4.69, 9.17) is 5.73 Å². The minimum Gasteiger partial charge on any atom is -0.353 e. The molecule has 0 aromatic carbocycles. The van der Waals surface area contributed by atoms with Gasteiger partial charge in [0.05, 0.1) is 0 Å². The fraction of sp³-hybridized carbons (Fsp3) is 0.909. The molecule has 0 saturated heterocycles. The van der Waals surface area contributed by atoms with Crippen LogP contribution in [-0.4, -0.2) is 29.5 Å². The van der Waals surface area contributed by atoms with Gasteiger partial charge < -0.3 is 11.1 Å². The third kappa shape index (κ3) is 10.1. The second kappa shape index (κ2) is 9.04. The van der Waals surface area contributed by atoms with Crippen molar-refractivity contribution in [3.63, 3.8) is 0 Å². The van der Waals surface area contributed by atoms with Crippen molar-refractivity contribution in [2.45, 2.75) is 52.1 Å². The first-order valence-corrected chi connectivity index (χ1v) is 6.84. The van der Waals surface area contributed by atoms with Crippen LogP contribution in [0.25, 0.3) is 0 Å². The lowest BCUT2D eigenvalue weighted by Crippen LogP contribution is -2.34. The molecule has 0 saturated carbocycles. The van der Waals surface area contributed by atoms with Crippen LogP contribution in [-0.2, 0) is 4.79 Å². The van der Waals surface area contributed by atoms with E-state index in [1.54, 1.807) is 0 Å². The quantitative estimate of drug-likeness (QED) is 0.670. The van der Waals surface area contributed by atoms with Crippen molar-refractivity contribution < 1.29 is 4.79 Å². The van der Waals surface area contributed by atoms with E-state index in [1.165, 1.54) is 0 Å². The number of thioether (sulfide) groups is 1. The molecule has 3 nitrogen and oxygen atoms in total. The van der Waals surface area contributed by atoms with Crippen LogP contribution >= 0.6 is 11.8 Å². The molecule has 0 aliphatic heterocycles. The summed E-state index contributed by atoms with van der Waals surface area (Å²) >= 11 is 1.85. The van der Waals surface area contributed by atoms with Gasteiger partial charge in [-0.3, -0.25) is 4.79 Å². The highest BCUT2D eigenvalue weighted by atomic mass is 32.2. The minimum absolute atomic E-state index is 0.153. The Morgan fingerprint density at radius 1 is 1.47 bits per heavy atom. The van der Waals surface area contributed by atoms with Gasteiger partial charge in [0, 0.05) is 24.3 Å². The normalized spacial score (nSPS) is 14.7. The SMILES string of the molecule is CCSCC(C)NC(=O)CCCC(C)N. The zero-order valence-corrected chi connectivity index (χ0v) is 10.9. The number of carbonyl (C=O) groups excluding carboxylic acids is 1. The first-order chi connectivity index (χ1) is 7.06. The predicted octanol–water partition coefficient (Wildman–Crippen LogP) is 1.76. The number of hydrogen-bond donors (Lipinski definition) is 2. The van der Waals surface area contributed by atoms with Crippen LogP contribution in [0.2, 0.25) is 0 Å². The van der Waals surface area contributed by atoms with Gasteiger partial charge >= 0.3 is 0 Å². The molecule has 1 amide bonds. The molecule has 2 unspecified atom stereocenters. The van der Waals surface area contributed by atoms with Gasteiger partial charge in [0.15, 0.2) is 0 Å². The van der Waals surface area contributed by atoms with E-state index >= 15 is 0 Å². The highest BCUT2D eigenvalue weighted by molar-refractivity contribution is 7.99. The Bertz CT molecular complexity index is 174. The molecule has 0 spiro atoms. The number of carbonyl (C=O) groups is 1. The maximum Gasteiger partial charge on any atom is 0.220 e. The second-order valence-corrected chi connectivity index (χ2v) is 5.32. The molecule has 0 aliphatic rings. The third-order valence-electron chi connectivity index (χ3n) is 2.04. The molecule has 0 rings (SSSR count). The van der Waals surface area contributed by atoms with E-state index in [1.807, 2.05) is 25.6 Å². The van der Waals surface area contributed by atoms with Gasteiger partial charge in [-0.25, -0.2) is 0 Å². The molecule has 0 aromatic heterocycles. The van der Waals surface area contributed by atoms with Crippen molar-refractivity contribution >= 4 is 17.7 Å². The van der Waals surface area contributed by atoms with Crippen LogP contribution in [0.1, 0.15) is 40.0 Å². The Morgan fingerprint density at radius 3 is 2.67 bits per heavy atom. The fourth-order valence-electron chi connectivity index (χ4n) is 1.27. The van der Waals surface area contributed by atoms with Crippen LogP contribution in [0.15, 0.2) is 0 Å². The molecule has 3 N–H and O–H groups in total. The summed E-state index contributed by atoms with van der Waals surface area (Å²) in [5, 5.41) is 2.99. The summed E-state index contributed by atoms with van der Waals surface area (Å²) < 4.78 is 0. The largest absolute Gasteiger partial charge is 0.353 e. The summed E-state index contributed by atoms with van der Waals surface area (Å²) in [5.74, 6) is 2.25. The summed E-state index contributed by atoms with van der Waals surface area (Å²) in [5.41, 5.74) is 5.61. The maximum absolute atomic E-state index is 11.4. The molecule has 90 valence electrons. The Balaban J connectivity index is 3.46. The molecule has 0 bridgehead atoms. The summed E-state index contributed by atoms with van der Waals surface area (Å²) in [6, 6.07) is 0.476. The van der Waals surface area contributed by atoms with Crippen LogP contribution in [0.3, 0.4) is 0 Å². The second-order valence-electron chi connectivity index (χ2n) is 4.00. The molecule has 0 fully saturated rings. The van der Waals surface area contributed by atoms with Crippen molar-refractivity contribution in [3.8, 4) is 0 Å². The van der Waals surface area contributed by atoms with Gasteiger partial charge in [-0.1, -0.05) is 6.92 Å². The molecular formula is C11H24N2OS. The van der Waals surface area contributed by atoms with E-state index in [0.29, 0.717) is 6.42 Å². The topological polar surface area (TPSA) is 55.1 Å². The van der Waals surface area contributed by atoms with Gasteiger partial charge in [0.25, 0.3) is 0 Å². The molecular weight excluding hydrogens is 208 g/mol. The van der Waals surface area contributed by atoms with Crippen molar-refractivity contribution in [2.24, 2.45) is 5.73 Å². The standard InChI is InChI=1S/C11H24N2OS/c1-4-15-8-10(3)13-11(14)7-5-6-9(2)12/h9-10H,4-8,12H2,1-3H3,(H,13,14). The summed E-state index contributed by atoms with van der Waals surface area (Å²) in [6.45, 7) is 6.15. The van der Waals surface area contributed by atoms with Crippen LogP contribution in [0, 0.1) is 0 Å².